The number of methoxy groups -OCH3 is 1. The summed E-state index contributed by atoms with van der Waals surface area (Å²) in [7, 11) is 1.68. The normalized spacial score (nSPS) is 11.1. The van der Waals surface area contributed by atoms with Gasteiger partial charge in [0.2, 0.25) is 0 Å². The molecule has 0 saturated carbocycles. The highest BCUT2D eigenvalue weighted by Crippen LogP contribution is 2.28. The van der Waals surface area contributed by atoms with E-state index in [-0.39, 0.29) is 5.75 Å². The highest BCUT2D eigenvalue weighted by atomic mass is 32.1. The Labute approximate surface area is 224 Å². The lowest BCUT2D eigenvalue weighted by molar-refractivity contribution is 0.317. The molecule has 0 atom stereocenters. The molecule has 0 aliphatic carbocycles. The minimum absolute atomic E-state index is 0.135. The minimum Gasteiger partial charge on any atom is -0.504 e. The first kappa shape index (κ1) is 26.4. The van der Waals surface area contributed by atoms with E-state index < -0.39 is 0 Å². The van der Waals surface area contributed by atoms with Crippen LogP contribution in [0.5, 0.6) is 17.2 Å². The van der Waals surface area contributed by atoms with E-state index in [2.05, 4.69) is 65.6 Å². The average molecular weight is 518 g/mol. The van der Waals surface area contributed by atoms with Crippen molar-refractivity contribution < 1.29 is 14.6 Å². The highest BCUT2D eigenvalue weighted by molar-refractivity contribution is 7.80. The van der Waals surface area contributed by atoms with Crippen LogP contribution in [0.2, 0.25) is 0 Å². The van der Waals surface area contributed by atoms with Gasteiger partial charge >= 0.3 is 0 Å². The van der Waals surface area contributed by atoms with Crippen molar-refractivity contribution in [3.05, 3.63) is 83.6 Å². The maximum atomic E-state index is 10.1. The quantitative estimate of drug-likeness (QED) is 0.200. The van der Waals surface area contributed by atoms with Crippen molar-refractivity contribution in [1.29, 1.82) is 0 Å². The molecule has 0 unspecified atom stereocenters. The van der Waals surface area contributed by atoms with Gasteiger partial charge < -0.3 is 29.8 Å². The number of H-pyrrole nitrogens is 1. The van der Waals surface area contributed by atoms with Crippen molar-refractivity contribution >= 4 is 33.9 Å². The van der Waals surface area contributed by atoms with Crippen LogP contribution in [0.15, 0.2) is 66.9 Å². The Balaban J connectivity index is 1.56. The lowest BCUT2D eigenvalue weighted by Gasteiger charge is -2.26. The number of rotatable bonds is 10. The van der Waals surface area contributed by atoms with Crippen molar-refractivity contribution in [3.63, 3.8) is 0 Å². The molecule has 0 fully saturated rings. The summed E-state index contributed by atoms with van der Waals surface area (Å²) >= 11 is 5.89. The number of hydrogen-bond donors (Lipinski definition) is 3. The molecule has 194 valence electrons. The molecule has 0 amide bonds. The number of hydrogen-bond acceptors (Lipinski definition) is 4. The number of nitrogens with zero attached hydrogens (tertiary/aromatic N) is 1. The minimum atomic E-state index is 0.135. The maximum Gasteiger partial charge on any atom is 0.173 e. The molecule has 1 aromatic heterocycles. The topological polar surface area (TPSA) is 69.8 Å². The fourth-order valence-electron chi connectivity index (χ4n) is 4.30. The molecule has 7 heteroatoms. The molecule has 1 heterocycles. The predicted octanol–water partition coefficient (Wildman–Crippen LogP) is 6.85. The molecular formula is C30H35N3O3S. The lowest BCUT2D eigenvalue weighted by atomic mass is 10.0. The number of thiocarbonyl (C=S) groups is 1. The van der Waals surface area contributed by atoms with Gasteiger partial charge in [0.1, 0.15) is 5.75 Å². The summed E-state index contributed by atoms with van der Waals surface area (Å²) in [6.07, 6.45) is 2.84. The Morgan fingerprint density at radius 2 is 1.86 bits per heavy atom. The van der Waals surface area contributed by atoms with Gasteiger partial charge in [0.25, 0.3) is 0 Å². The zero-order valence-electron chi connectivity index (χ0n) is 21.9. The van der Waals surface area contributed by atoms with E-state index in [4.69, 9.17) is 21.7 Å². The summed E-state index contributed by atoms with van der Waals surface area (Å²) in [4.78, 5) is 5.50. The second-order valence-corrected chi connectivity index (χ2v) is 9.73. The zero-order valence-corrected chi connectivity index (χ0v) is 22.7. The van der Waals surface area contributed by atoms with Crippen LogP contribution in [-0.2, 0) is 13.0 Å². The van der Waals surface area contributed by atoms with Crippen LogP contribution in [0.4, 0.5) is 5.69 Å². The van der Waals surface area contributed by atoms with Gasteiger partial charge in [0, 0.05) is 35.9 Å². The van der Waals surface area contributed by atoms with Crippen molar-refractivity contribution in [2.24, 2.45) is 0 Å². The molecule has 6 nitrogen and oxygen atoms in total. The Morgan fingerprint density at radius 1 is 1.08 bits per heavy atom. The van der Waals surface area contributed by atoms with Crippen LogP contribution in [-0.4, -0.2) is 40.4 Å². The third kappa shape index (κ3) is 6.54. The van der Waals surface area contributed by atoms with Crippen LogP contribution in [0.25, 0.3) is 10.9 Å². The van der Waals surface area contributed by atoms with Gasteiger partial charge in [-0.1, -0.05) is 32.0 Å². The lowest BCUT2D eigenvalue weighted by Crippen LogP contribution is -2.35. The molecule has 0 spiro atoms. The van der Waals surface area contributed by atoms with E-state index in [1.54, 1.807) is 13.2 Å². The van der Waals surface area contributed by atoms with Crippen molar-refractivity contribution in [2.75, 3.05) is 25.6 Å². The Hall–Kier alpha value is -3.71. The van der Waals surface area contributed by atoms with Crippen LogP contribution < -0.4 is 14.8 Å². The van der Waals surface area contributed by atoms with Gasteiger partial charge in [-0.2, -0.15) is 0 Å². The number of aromatic amines is 1. The number of benzene rings is 3. The monoisotopic (exact) mass is 517 g/mol. The van der Waals surface area contributed by atoms with Crippen LogP contribution in [0.3, 0.4) is 0 Å². The maximum absolute atomic E-state index is 10.1. The van der Waals surface area contributed by atoms with Crippen LogP contribution in [0, 0.1) is 0 Å². The molecule has 0 aliphatic heterocycles. The first-order valence-corrected chi connectivity index (χ1v) is 13.0. The smallest absolute Gasteiger partial charge is 0.173 e. The summed E-state index contributed by atoms with van der Waals surface area (Å²) in [6, 6.07) is 19.9. The van der Waals surface area contributed by atoms with Crippen molar-refractivity contribution in [3.8, 4) is 17.2 Å². The number of aromatic nitrogens is 1. The van der Waals surface area contributed by atoms with E-state index >= 15 is 0 Å². The Morgan fingerprint density at radius 3 is 2.57 bits per heavy atom. The fourth-order valence-corrected chi connectivity index (χ4v) is 4.58. The standard InChI is InChI=1S/C30H35N3O3S/c1-5-36-29-16-21(6-13-28(29)34)19-33(30(37)32-24-9-7-22(8-10-24)20(2)3)15-14-23-18-31-27-12-11-25(35-4)17-26(23)27/h6-13,16-18,20,31,34H,5,14-15,19H2,1-4H3,(H,32,37). The SMILES string of the molecule is CCOc1cc(CN(CCc2c[nH]c3ccc(OC)cc23)C(=S)Nc2ccc(C(C)C)cc2)ccc1O. The highest BCUT2D eigenvalue weighted by Gasteiger charge is 2.15. The summed E-state index contributed by atoms with van der Waals surface area (Å²) in [6.45, 7) is 8.02. The first-order chi connectivity index (χ1) is 17.9. The van der Waals surface area contributed by atoms with E-state index in [0.717, 1.165) is 34.3 Å². The molecule has 37 heavy (non-hydrogen) atoms. The fraction of sp³-hybridized carbons (Fsp3) is 0.300. The summed E-state index contributed by atoms with van der Waals surface area (Å²) in [5.74, 6) is 1.92. The van der Waals surface area contributed by atoms with E-state index in [1.807, 2.05) is 31.2 Å². The summed E-state index contributed by atoms with van der Waals surface area (Å²) in [5.41, 5.74) is 5.52. The number of phenolic OH excluding ortho intramolecular Hbond substituents is 1. The number of aromatic hydroxyl groups is 1. The molecule has 3 N–H and O–H groups in total. The average Bonchev–Trinajstić information content (AvgIpc) is 3.30. The second kappa shape index (κ2) is 12.0. The van der Waals surface area contributed by atoms with Crippen LogP contribution >= 0.6 is 12.2 Å². The number of anilines is 1. The van der Waals surface area contributed by atoms with Crippen molar-refractivity contribution in [1.82, 2.24) is 9.88 Å². The Kier molecular flexibility index (Phi) is 8.56. The molecule has 0 aliphatic rings. The second-order valence-electron chi connectivity index (χ2n) is 9.34. The van der Waals surface area contributed by atoms with Crippen LogP contribution in [0.1, 0.15) is 43.4 Å². The number of phenols is 1. The molecule has 4 rings (SSSR count). The first-order valence-electron chi connectivity index (χ1n) is 12.6. The Bertz CT molecular complexity index is 1350. The zero-order chi connectivity index (χ0) is 26.4. The molecule has 0 bridgehead atoms. The van der Waals surface area contributed by atoms with Gasteiger partial charge in [-0.15, -0.1) is 0 Å². The molecule has 0 saturated heterocycles. The van der Waals surface area contributed by atoms with Gasteiger partial charge in [-0.3, -0.25) is 0 Å². The van der Waals surface area contributed by atoms with E-state index in [0.29, 0.717) is 36.5 Å². The van der Waals surface area contributed by atoms with Gasteiger partial charge in [-0.25, -0.2) is 0 Å². The molecule has 3 aromatic carbocycles. The number of fused-ring (bicyclic) bond motifs is 1. The predicted molar refractivity (Wildman–Crippen MR) is 155 cm³/mol. The van der Waals surface area contributed by atoms with Gasteiger partial charge in [0.05, 0.1) is 13.7 Å². The number of ether oxygens (including phenoxy) is 2. The third-order valence-corrected chi connectivity index (χ3v) is 6.80. The largest absolute Gasteiger partial charge is 0.504 e. The summed E-state index contributed by atoms with van der Waals surface area (Å²) in [5, 5.41) is 15.3. The molecule has 0 radical (unpaired) electrons. The third-order valence-electron chi connectivity index (χ3n) is 6.44. The van der Waals surface area contributed by atoms with Gasteiger partial charge in [-0.05, 0) is 90.6 Å². The van der Waals surface area contributed by atoms with Crippen molar-refractivity contribution in [2.45, 2.75) is 39.7 Å². The van der Waals surface area contributed by atoms with E-state index in [1.165, 1.54) is 11.1 Å². The van der Waals surface area contributed by atoms with Gasteiger partial charge in [0.15, 0.2) is 16.6 Å². The summed E-state index contributed by atoms with van der Waals surface area (Å²) < 4.78 is 11.0. The van der Waals surface area contributed by atoms with E-state index in [9.17, 15) is 5.11 Å². The molecule has 4 aromatic rings. The number of nitrogens with one attached hydrogen (secondary N) is 2. The molecular weight excluding hydrogens is 482 g/mol.